The van der Waals surface area contributed by atoms with Gasteiger partial charge in [0.25, 0.3) is 10.0 Å². The Morgan fingerprint density at radius 1 is 1.10 bits per heavy atom. The van der Waals surface area contributed by atoms with Crippen LogP contribution in [0.4, 0.5) is 0 Å². The van der Waals surface area contributed by atoms with Crippen LogP contribution in [0.15, 0.2) is 16.6 Å². The van der Waals surface area contributed by atoms with Gasteiger partial charge in [0.15, 0.2) is 5.03 Å². The third kappa shape index (κ3) is 4.84. The summed E-state index contributed by atoms with van der Waals surface area (Å²) in [5.74, 6) is 0.715. The zero-order chi connectivity index (χ0) is 22.2. The standard InChI is InChI=1S/C20H30N6O3S2/c1-15-21-19(13-23(15)3)31(28,29)26-6-4-17(5-7-26)20(27)25-10-8-24(9-11-25)12-18-14-30-16(2)22-18/h13-14,17H,4-12H2,1-3H3. The van der Waals surface area contributed by atoms with Crippen LogP contribution in [0.25, 0.3) is 0 Å². The number of imidazole rings is 1. The van der Waals surface area contributed by atoms with Gasteiger partial charge >= 0.3 is 0 Å². The zero-order valence-electron chi connectivity index (χ0n) is 18.3. The van der Waals surface area contributed by atoms with Gasteiger partial charge in [-0.05, 0) is 26.7 Å². The molecule has 1 amide bonds. The van der Waals surface area contributed by atoms with Gasteiger partial charge in [-0.2, -0.15) is 4.31 Å². The highest BCUT2D eigenvalue weighted by Crippen LogP contribution is 2.25. The van der Waals surface area contributed by atoms with Crippen molar-refractivity contribution in [3.05, 3.63) is 28.1 Å². The molecular weight excluding hydrogens is 436 g/mol. The largest absolute Gasteiger partial charge is 0.340 e. The topological polar surface area (TPSA) is 91.6 Å². The number of nitrogens with zero attached hydrogens (tertiary/aromatic N) is 6. The van der Waals surface area contributed by atoms with E-state index in [0.717, 1.165) is 30.3 Å². The minimum atomic E-state index is -3.61. The molecule has 2 aliphatic heterocycles. The second-order valence-corrected chi connectivity index (χ2v) is 11.3. The van der Waals surface area contributed by atoms with Gasteiger partial charge in [-0.3, -0.25) is 9.69 Å². The van der Waals surface area contributed by atoms with Gasteiger partial charge in [0.05, 0.1) is 10.7 Å². The maximum atomic E-state index is 13.0. The molecule has 0 unspecified atom stereocenters. The number of carbonyl (C=O) groups excluding carboxylic acids is 1. The van der Waals surface area contributed by atoms with Crippen LogP contribution < -0.4 is 0 Å². The van der Waals surface area contributed by atoms with Gasteiger partial charge in [-0.1, -0.05) is 0 Å². The van der Waals surface area contributed by atoms with E-state index < -0.39 is 10.0 Å². The lowest BCUT2D eigenvalue weighted by Crippen LogP contribution is -2.51. The number of piperidine rings is 1. The molecule has 2 aromatic heterocycles. The summed E-state index contributed by atoms with van der Waals surface area (Å²) in [4.78, 5) is 26.0. The van der Waals surface area contributed by atoms with Crippen molar-refractivity contribution in [3.63, 3.8) is 0 Å². The van der Waals surface area contributed by atoms with Gasteiger partial charge in [-0.25, -0.2) is 18.4 Å². The van der Waals surface area contributed by atoms with E-state index in [2.05, 4.69) is 20.2 Å². The van der Waals surface area contributed by atoms with E-state index in [1.165, 1.54) is 4.31 Å². The average Bonchev–Trinajstić information content (AvgIpc) is 3.33. The average molecular weight is 467 g/mol. The molecule has 0 atom stereocenters. The lowest BCUT2D eigenvalue weighted by Gasteiger charge is -2.38. The summed E-state index contributed by atoms with van der Waals surface area (Å²) in [6.45, 7) is 8.45. The van der Waals surface area contributed by atoms with Crippen molar-refractivity contribution in [2.24, 2.45) is 13.0 Å². The van der Waals surface area contributed by atoms with Crippen LogP contribution in [-0.4, -0.2) is 82.2 Å². The fraction of sp³-hybridized carbons (Fsp3) is 0.650. The maximum absolute atomic E-state index is 13.0. The van der Waals surface area contributed by atoms with Gasteiger partial charge < -0.3 is 9.47 Å². The Morgan fingerprint density at radius 2 is 1.77 bits per heavy atom. The number of piperazine rings is 1. The van der Waals surface area contributed by atoms with Crippen molar-refractivity contribution in [1.82, 2.24) is 28.6 Å². The summed E-state index contributed by atoms with van der Waals surface area (Å²) in [7, 11) is -1.83. The number of amides is 1. The fourth-order valence-corrected chi connectivity index (χ4v) is 6.32. The van der Waals surface area contributed by atoms with E-state index in [4.69, 9.17) is 0 Å². The van der Waals surface area contributed by atoms with Crippen LogP contribution in [0, 0.1) is 19.8 Å². The second-order valence-electron chi connectivity index (χ2n) is 8.37. The van der Waals surface area contributed by atoms with Crippen LogP contribution in [0.5, 0.6) is 0 Å². The third-order valence-corrected chi connectivity index (χ3v) is 8.82. The molecule has 11 heteroatoms. The molecule has 9 nitrogen and oxygen atoms in total. The highest BCUT2D eigenvalue weighted by Gasteiger charge is 2.35. The van der Waals surface area contributed by atoms with E-state index in [1.54, 1.807) is 36.1 Å². The number of aryl methyl sites for hydroxylation is 3. The number of rotatable bonds is 5. The molecule has 0 radical (unpaired) electrons. The fourth-order valence-electron chi connectivity index (χ4n) is 4.22. The van der Waals surface area contributed by atoms with Crippen LogP contribution >= 0.6 is 11.3 Å². The summed E-state index contributed by atoms with van der Waals surface area (Å²) in [6, 6.07) is 0. The Balaban J connectivity index is 1.27. The van der Waals surface area contributed by atoms with Crippen molar-refractivity contribution >= 4 is 27.3 Å². The molecule has 4 heterocycles. The van der Waals surface area contributed by atoms with Gasteiger partial charge in [-0.15, -0.1) is 11.3 Å². The van der Waals surface area contributed by atoms with Crippen LogP contribution in [0.1, 0.15) is 29.4 Å². The lowest BCUT2D eigenvalue weighted by atomic mass is 9.96. The summed E-state index contributed by atoms with van der Waals surface area (Å²) >= 11 is 1.67. The van der Waals surface area contributed by atoms with Crippen molar-refractivity contribution < 1.29 is 13.2 Å². The molecule has 0 bridgehead atoms. The number of hydrogen-bond acceptors (Lipinski definition) is 7. The molecule has 4 rings (SSSR count). The molecule has 0 spiro atoms. The van der Waals surface area contributed by atoms with E-state index in [-0.39, 0.29) is 16.9 Å². The second kappa shape index (κ2) is 8.97. The minimum absolute atomic E-state index is 0.0868. The first-order valence-electron chi connectivity index (χ1n) is 10.7. The summed E-state index contributed by atoms with van der Waals surface area (Å²) in [5, 5.41) is 3.26. The Kier molecular flexibility index (Phi) is 6.47. The first-order chi connectivity index (χ1) is 14.7. The van der Waals surface area contributed by atoms with Crippen LogP contribution in [0.2, 0.25) is 0 Å². The van der Waals surface area contributed by atoms with Gasteiger partial charge in [0.2, 0.25) is 5.91 Å². The highest BCUT2D eigenvalue weighted by atomic mass is 32.2. The van der Waals surface area contributed by atoms with Crippen molar-refractivity contribution in [3.8, 4) is 0 Å². The van der Waals surface area contributed by atoms with E-state index >= 15 is 0 Å². The van der Waals surface area contributed by atoms with Crippen molar-refractivity contribution in [1.29, 1.82) is 0 Å². The molecule has 2 saturated heterocycles. The maximum Gasteiger partial charge on any atom is 0.262 e. The molecule has 0 aromatic carbocycles. The minimum Gasteiger partial charge on any atom is -0.340 e. The Bertz CT molecular complexity index is 1010. The predicted octanol–water partition coefficient (Wildman–Crippen LogP) is 1.24. The molecule has 2 aromatic rings. The van der Waals surface area contributed by atoms with Crippen LogP contribution in [-0.2, 0) is 28.4 Å². The predicted molar refractivity (Wildman–Crippen MR) is 118 cm³/mol. The molecular formula is C20H30N6O3S2. The molecule has 0 aliphatic carbocycles. The SMILES string of the molecule is Cc1nc(CN2CCN(C(=O)C3CCN(S(=O)(=O)c4cn(C)c(C)n4)CC3)CC2)cs1. The van der Waals surface area contributed by atoms with E-state index in [0.29, 0.717) is 44.8 Å². The Labute approximate surface area is 187 Å². The normalized spacial score (nSPS) is 19.8. The Hall–Kier alpha value is -1.82. The highest BCUT2D eigenvalue weighted by molar-refractivity contribution is 7.89. The quantitative estimate of drug-likeness (QED) is 0.658. The van der Waals surface area contributed by atoms with Crippen molar-refractivity contribution in [2.45, 2.75) is 38.3 Å². The number of hydrogen-bond donors (Lipinski definition) is 0. The molecule has 31 heavy (non-hydrogen) atoms. The molecule has 0 saturated carbocycles. The molecule has 170 valence electrons. The molecule has 2 fully saturated rings. The number of aromatic nitrogens is 3. The van der Waals surface area contributed by atoms with E-state index in [9.17, 15) is 13.2 Å². The summed E-state index contributed by atoms with van der Waals surface area (Å²) in [6.07, 6.45) is 2.67. The summed E-state index contributed by atoms with van der Waals surface area (Å²) < 4.78 is 28.9. The Morgan fingerprint density at radius 3 is 2.32 bits per heavy atom. The first kappa shape index (κ1) is 22.4. The lowest BCUT2D eigenvalue weighted by molar-refractivity contribution is -0.138. The molecule has 0 N–H and O–H groups in total. The summed E-state index contributed by atoms with van der Waals surface area (Å²) in [5.41, 5.74) is 1.10. The zero-order valence-corrected chi connectivity index (χ0v) is 20.0. The number of thiazole rings is 1. The molecule has 2 aliphatic rings. The van der Waals surface area contributed by atoms with E-state index in [1.807, 2.05) is 11.8 Å². The van der Waals surface area contributed by atoms with Gasteiger partial charge in [0, 0.05) is 70.4 Å². The van der Waals surface area contributed by atoms with Crippen molar-refractivity contribution in [2.75, 3.05) is 39.3 Å². The monoisotopic (exact) mass is 466 g/mol. The van der Waals surface area contributed by atoms with Crippen LogP contribution in [0.3, 0.4) is 0 Å². The number of carbonyl (C=O) groups is 1. The van der Waals surface area contributed by atoms with Gasteiger partial charge in [0.1, 0.15) is 5.82 Å². The smallest absolute Gasteiger partial charge is 0.262 e. The first-order valence-corrected chi connectivity index (χ1v) is 13.0. The third-order valence-electron chi connectivity index (χ3n) is 6.23. The number of sulfonamides is 1.